The molecule has 3 atom stereocenters. The van der Waals surface area contributed by atoms with E-state index in [0.29, 0.717) is 24.3 Å². The highest BCUT2D eigenvalue weighted by atomic mass is 32.2. The van der Waals surface area contributed by atoms with E-state index in [9.17, 15) is 14.4 Å². The lowest BCUT2D eigenvalue weighted by atomic mass is 10.00. The first-order valence-electron chi connectivity index (χ1n) is 12.8. The quantitative estimate of drug-likeness (QED) is 0.289. The Morgan fingerprint density at radius 1 is 0.842 bits per heavy atom. The lowest BCUT2D eigenvalue weighted by molar-refractivity contribution is -0.134. The molecule has 0 aliphatic heterocycles. The van der Waals surface area contributed by atoms with Gasteiger partial charge in [-0.3, -0.25) is 14.4 Å². The van der Waals surface area contributed by atoms with Crippen molar-refractivity contribution in [3.8, 4) is 5.75 Å². The number of amides is 2. The Bertz CT molecular complexity index is 1140. The molecule has 1 aromatic heterocycles. The molecule has 3 rings (SSSR count). The van der Waals surface area contributed by atoms with E-state index in [1.807, 2.05) is 74.5 Å². The van der Waals surface area contributed by atoms with E-state index in [1.165, 1.54) is 11.8 Å². The topological polar surface area (TPSA) is 97.6 Å². The average molecular weight is 537 g/mol. The van der Waals surface area contributed by atoms with Crippen LogP contribution in [0, 0.1) is 5.92 Å². The number of furan rings is 1. The maximum Gasteiger partial charge on any atom is 0.261 e. The fourth-order valence-electron chi connectivity index (χ4n) is 3.86. The lowest BCUT2D eigenvalue weighted by Gasteiger charge is -2.25. The van der Waals surface area contributed by atoms with Crippen molar-refractivity contribution in [3.63, 3.8) is 0 Å². The SMILES string of the molecule is CC(C)CC(NC(=O)C(C)Oc1ccccc1)C(=O)NC(Cc1ccccc1)C(=O)CSCc1ccco1. The molecule has 2 aromatic carbocycles. The molecule has 202 valence electrons. The average Bonchev–Trinajstić information content (AvgIpc) is 3.42. The summed E-state index contributed by atoms with van der Waals surface area (Å²) in [7, 11) is 0. The van der Waals surface area contributed by atoms with Gasteiger partial charge in [-0.2, -0.15) is 0 Å². The third-order valence-electron chi connectivity index (χ3n) is 5.82. The minimum Gasteiger partial charge on any atom is -0.481 e. The number of carbonyl (C=O) groups excluding carboxylic acids is 3. The summed E-state index contributed by atoms with van der Waals surface area (Å²) in [6.45, 7) is 5.60. The predicted octanol–water partition coefficient (Wildman–Crippen LogP) is 4.81. The van der Waals surface area contributed by atoms with Crippen LogP contribution in [-0.2, 0) is 26.6 Å². The van der Waals surface area contributed by atoms with Crippen molar-refractivity contribution in [3.05, 3.63) is 90.4 Å². The van der Waals surface area contributed by atoms with E-state index in [1.54, 1.807) is 25.3 Å². The number of hydrogen-bond acceptors (Lipinski definition) is 6. The summed E-state index contributed by atoms with van der Waals surface area (Å²) in [5.41, 5.74) is 0.941. The van der Waals surface area contributed by atoms with Gasteiger partial charge in [0.05, 0.1) is 23.8 Å². The highest BCUT2D eigenvalue weighted by Gasteiger charge is 2.29. The van der Waals surface area contributed by atoms with Gasteiger partial charge < -0.3 is 19.8 Å². The fraction of sp³-hybridized carbons (Fsp3) is 0.367. The minimum absolute atomic E-state index is 0.0887. The molecule has 0 radical (unpaired) electrons. The maximum absolute atomic E-state index is 13.4. The van der Waals surface area contributed by atoms with Crippen LogP contribution in [0.4, 0.5) is 0 Å². The Labute approximate surface area is 228 Å². The molecule has 0 saturated heterocycles. The summed E-state index contributed by atoms with van der Waals surface area (Å²) in [5, 5.41) is 5.76. The van der Waals surface area contributed by atoms with Crippen molar-refractivity contribution in [1.82, 2.24) is 10.6 Å². The minimum atomic E-state index is -0.800. The molecule has 0 fully saturated rings. The molecule has 0 aliphatic carbocycles. The molecule has 0 aliphatic rings. The molecule has 38 heavy (non-hydrogen) atoms. The Morgan fingerprint density at radius 2 is 1.50 bits per heavy atom. The summed E-state index contributed by atoms with van der Waals surface area (Å²) >= 11 is 1.44. The smallest absolute Gasteiger partial charge is 0.261 e. The number of thioether (sulfide) groups is 1. The Balaban J connectivity index is 1.66. The molecule has 7 nitrogen and oxygen atoms in total. The van der Waals surface area contributed by atoms with Gasteiger partial charge in [0.15, 0.2) is 11.9 Å². The number of rotatable bonds is 15. The van der Waals surface area contributed by atoms with E-state index in [-0.39, 0.29) is 23.4 Å². The number of carbonyl (C=O) groups is 3. The molecular weight excluding hydrogens is 500 g/mol. The standard InChI is InChI=1S/C30H36N2O5S/c1-21(2)17-27(32-29(34)22(3)37-24-13-8-5-9-14-24)30(35)31-26(18-23-11-6-4-7-12-23)28(33)20-38-19-25-15-10-16-36-25/h4-16,21-22,26-27H,17-20H2,1-3H3,(H,31,35)(H,32,34). The Kier molecular flexibility index (Phi) is 11.5. The van der Waals surface area contributed by atoms with Crippen LogP contribution in [0.5, 0.6) is 5.75 Å². The van der Waals surface area contributed by atoms with Gasteiger partial charge in [-0.1, -0.05) is 62.4 Å². The highest BCUT2D eigenvalue weighted by molar-refractivity contribution is 7.99. The van der Waals surface area contributed by atoms with Crippen LogP contribution < -0.4 is 15.4 Å². The van der Waals surface area contributed by atoms with Crippen LogP contribution in [0.2, 0.25) is 0 Å². The van der Waals surface area contributed by atoms with Gasteiger partial charge in [-0.05, 0) is 55.5 Å². The van der Waals surface area contributed by atoms with Gasteiger partial charge in [-0.25, -0.2) is 0 Å². The molecule has 0 saturated carbocycles. The summed E-state index contributed by atoms with van der Waals surface area (Å²) < 4.78 is 11.1. The number of benzene rings is 2. The second kappa shape index (κ2) is 15.0. The second-order valence-electron chi connectivity index (χ2n) is 9.55. The predicted molar refractivity (Wildman–Crippen MR) is 150 cm³/mol. The van der Waals surface area contributed by atoms with Crippen molar-refractivity contribution >= 4 is 29.4 Å². The molecule has 0 spiro atoms. The number of ketones is 1. The van der Waals surface area contributed by atoms with Crippen molar-refractivity contribution in [2.45, 2.75) is 57.6 Å². The zero-order valence-electron chi connectivity index (χ0n) is 22.1. The van der Waals surface area contributed by atoms with Crippen LogP contribution in [0.1, 0.15) is 38.5 Å². The van der Waals surface area contributed by atoms with Crippen LogP contribution in [0.15, 0.2) is 83.5 Å². The van der Waals surface area contributed by atoms with Gasteiger partial charge in [0.2, 0.25) is 5.91 Å². The van der Waals surface area contributed by atoms with Gasteiger partial charge in [0.25, 0.3) is 5.91 Å². The van der Waals surface area contributed by atoms with E-state index in [0.717, 1.165) is 11.3 Å². The summed E-state index contributed by atoms with van der Waals surface area (Å²) in [6.07, 6.45) is 1.60. The van der Waals surface area contributed by atoms with Crippen LogP contribution in [-0.4, -0.2) is 41.5 Å². The van der Waals surface area contributed by atoms with E-state index in [4.69, 9.17) is 9.15 Å². The van der Waals surface area contributed by atoms with Crippen LogP contribution >= 0.6 is 11.8 Å². The zero-order chi connectivity index (χ0) is 27.3. The lowest BCUT2D eigenvalue weighted by Crippen LogP contribution is -2.54. The number of Topliss-reactive ketones (excluding diaryl/α,β-unsaturated/α-hetero) is 1. The van der Waals surface area contributed by atoms with Crippen molar-refractivity contribution < 1.29 is 23.5 Å². The molecular formula is C30H36N2O5S. The number of hydrogen-bond donors (Lipinski definition) is 2. The molecule has 1 heterocycles. The fourth-order valence-corrected chi connectivity index (χ4v) is 4.73. The molecule has 0 bridgehead atoms. The summed E-state index contributed by atoms with van der Waals surface area (Å²) in [5.74, 6) is 1.42. The van der Waals surface area contributed by atoms with Crippen molar-refractivity contribution in [2.24, 2.45) is 5.92 Å². The van der Waals surface area contributed by atoms with E-state index < -0.39 is 24.1 Å². The summed E-state index contributed by atoms with van der Waals surface area (Å²) in [4.78, 5) is 39.5. The molecule has 3 aromatic rings. The van der Waals surface area contributed by atoms with Gasteiger partial charge >= 0.3 is 0 Å². The maximum atomic E-state index is 13.4. The number of ether oxygens (including phenoxy) is 1. The van der Waals surface area contributed by atoms with Gasteiger partial charge in [0, 0.05) is 0 Å². The number of para-hydroxylation sites is 1. The van der Waals surface area contributed by atoms with Crippen molar-refractivity contribution in [2.75, 3.05) is 5.75 Å². The third-order valence-corrected chi connectivity index (χ3v) is 6.80. The van der Waals surface area contributed by atoms with Crippen molar-refractivity contribution in [1.29, 1.82) is 0 Å². The normalized spacial score (nSPS) is 13.4. The monoisotopic (exact) mass is 536 g/mol. The summed E-state index contributed by atoms with van der Waals surface area (Å²) in [6, 6.07) is 20.8. The van der Waals surface area contributed by atoms with Gasteiger partial charge in [0.1, 0.15) is 17.6 Å². The molecule has 2 N–H and O–H groups in total. The molecule has 3 unspecified atom stereocenters. The van der Waals surface area contributed by atoms with Gasteiger partial charge in [-0.15, -0.1) is 11.8 Å². The first kappa shape index (κ1) is 29.0. The number of nitrogens with one attached hydrogen (secondary N) is 2. The third kappa shape index (κ3) is 9.74. The largest absolute Gasteiger partial charge is 0.481 e. The highest BCUT2D eigenvalue weighted by Crippen LogP contribution is 2.15. The van der Waals surface area contributed by atoms with Crippen LogP contribution in [0.3, 0.4) is 0 Å². The van der Waals surface area contributed by atoms with Crippen LogP contribution in [0.25, 0.3) is 0 Å². The molecule has 8 heteroatoms. The van der Waals surface area contributed by atoms with E-state index >= 15 is 0 Å². The first-order chi connectivity index (χ1) is 18.3. The Morgan fingerprint density at radius 3 is 2.13 bits per heavy atom. The zero-order valence-corrected chi connectivity index (χ0v) is 22.9. The molecule has 2 amide bonds. The Hall–Kier alpha value is -3.52. The first-order valence-corrected chi connectivity index (χ1v) is 14.0. The van der Waals surface area contributed by atoms with E-state index in [2.05, 4.69) is 10.6 Å². The second-order valence-corrected chi connectivity index (χ2v) is 10.5.